The van der Waals surface area contributed by atoms with Gasteiger partial charge in [-0.1, -0.05) is 36.4 Å². The minimum atomic E-state index is 1.11. The van der Waals surface area contributed by atoms with Crippen molar-refractivity contribution >= 4 is 5.57 Å². The third-order valence-electron chi connectivity index (χ3n) is 1.72. The van der Waals surface area contributed by atoms with Gasteiger partial charge in [-0.05, 0) is 25.0 Å². The highest BCUT2D eigenvalue weighted by molar-refractivity contribution is 5.63. The second-order valence-electron chi connectivity index (χ2n) is 2.67. The van der Waals surface area contributed by atoms with Gasteiger partial charge in [0.25, 0.3) is 0 Å². The van der Waals surface area contributed by atoms with Crippen LogP contribution in [0.25, 0.3) is 5.57 Å². The van der Waals surface area contributed by atoms with E-state index < -0.39 is 0 Å². The van der Waals surface area contributed by atoms with Gasteiger partial charge in [0.05, 0.1) is 0 Å². The number of allylic oxidation sites excluding steroid dienone is 1. The van der Waals surface area contributed by atoms with Crippen LogP contribution in [0.5, 0.6) is 0 Å². The average molecular weight is 144 g/mol. The summed E-state index contributed by atoms with van der Waals surface area (Å²) in [5.74, 6) is 0. The monoisotopic (exact) mass is 144 g/mol. The van der Waals surface area contributed by atoms with Crippen LogP contribution in [0.1, 0.15) is 18.1 Å². The third-order valence-corrected chi connectivity index (χ3v) is 1.72. The van der Waals surface area contributed by atoms with Crippen LogP contribution in [0.15, 0.2) is 36.6 Å². The molecule has 0 aliphatic carbocycles. The van der Waals surface area contributed by atoms with Crippen molar-refractivity contribution in [1.29, 1.82) is 0 Å². The van der Waals surface area contributed by atoms with Gasteiger partial charge >= 0.3 is 0 Å². The van der Waals surface area contributed by atoms with Crippen LogP contribution in [0.2, 0.25) is 0 Å². The highest BCUT2D eigenvalue weighted by Gasteiger charge is 1.92. The van der Waals surface area contributed by atoms with Crippen LogP contribution in [-0.2, 0) is 0 Å². The van der Waals surface area contributed by atoms with Gasteiger partial charge in [0.2, 0.25) is 0 Å². The first kappa shape index (κ1) is 7.84. The van der Waals surface area contributed by atoms with Crippen LogP contribution < -0.4 is 0 Å². The molecule has 1 rings (SSSR count). The summed E-state index contributed by atoms with van der Waals surface area (Å²) in [4.78, 5) is 0. The molecule has 0 amide bonds. The van der Waals surface area contributed by atoms with Gasteiger partial charge in [0, 0.05) is 0 Å². The number of benzene rings is 1. The average Bonchev–Trinajstić information content (AvgIpc) is 2.03. The van der Waals surface area contributed by atoms with E-state index >= 15 is 0 Å². The predicted molar refractivity (Wildman–Crippen MR) is 49.4 cm³/mol. The molecule has 0 fully saturated rings. The predicted octanol–water partition coefficient (Wildman–Crippen LogP) is 3.18. The van der Waals surface area contributed by atoms with Gasteiger partial charge in [-0.2, -0.15) is 0 Å². The van der Waals surface area contributed by atoms with Crippen LogP contribution in [0.4, 0.5) is 0 Å². The van der Waals surface area contributed by atoms with E-state index in [0.717, 1.165) is 5.57 Å². The van der Waals surface area contributed by atoms with Crippen molar-refractivity contribution in [2.45, 2.75) is 13.8 Å². The molecular weight excluding hydrogens is 132 g/mol. The quantitative estimate of drug-likeness (QED) is 0.531. The van der Waals surface area contributed by atoms with E-state index in [1.54, 1.807) is 0 Å². The van der Waals surface area contributed by atoms with Crippen molar-refractivity contribution in [3.05, 3.63) is 47.7 Å². The van der Waals surface area contributed by atoms with Gasteiger partial charge in [-0.15, -0.1) is 5.73 Å². The second kappa shape index (κ2) is 3.23. The maximum Gasteiger partial charge on any atom is -0.00251 e. The fourth-order valence-corrected chi connectivity index (χ4v) is 0.980. The fourth-order valence-electron chi connectivity index (χ4n) is 0.980. The molecule has 0 N–H and O–H groups in total. The summed E-state index contributed by atoms with van der Waals surface area (Å²) in [6.07, 6.45) is 0. The lowest BCUT2D eigenvalue weighted by molar-refractivity contribution is 1.44. The summed E-state index contributed by atoms with van der Waals surface area (Å²) in [6.45, 7) is 7.70. The van der Waals surface area contributed by atoms with Crippen molar-refractivity contribution < 1.29 is 0 Å². The van der Waals surface area contributed by atoms with E-state index in [4.69, 9.17) is 0 Å². The minimum Gasteiger partial charge on any atom is -0.125 e. The third kappa shape index (κ3) is 1.83. The zero-order valence-electron chi connectivity index (χ0n) is 7.02. The largest absolute Gasteiger partial charge is 0.125 e. The number of hydrogen-bond donors (Lipinski definition) is 0. The molecule has 0 heteroatoms. The highest BCUT2D eigenvalue weighted by atomic mass is 14.0. The Balaban J connectivity index is 3.15. The Labute approximate surface area is 67.9 Å². The van der Waals surface area contributed by atoms with Crippen molar-refractivity contribution in [3.8, 4) is 0 Å². The fraction of sp³-hybridized carbons (Fsp3) is 0.182. The Bertz CT molecular complexity index is 302. The van der Waals surface area contributed by atoms with Gasteiger partial charge in [0.15, 0.2) is 0 Å². The molecule has 0 unspecified atom stereocenters. The van der Waals surface area contributed by atoms with E-state index in [9.17, 15) is 0 Å². The first-order chi connectivity index (χ1) is 5.24. The van der Waals surface area contributed by atoms with Crippen molar-refractivity contribution in [2.24, 2.45) is 0 Å². The molecule has 1 aromatic rings. The SMILES string of the molecule is C=C=C(C)c1cccc(C)c1. The van der Waals surface area contributed by atoms with Gasteiger partial charge in [-0.3, -0.25) is 0 Å². The summed E-state index contributed by atoms with van der Waals surface area (Å²) in [5.41, 5.74) is 6.46. The van der Waals surface area contributed by atoms with Gasteiger partial charge in [0.1, 0.15) is 0 Å². The molecule has 0 bridgehead atoms. The number of rotatable bonds is 1. The summed E-state index contributed by atoms with van der Waals surface area (Å²) >= 11 is 0. The zero-order valence-corrected chi connectivity index (χ0v) is 7.02. The van der Waals surface area contributed by atoms with E-state index in [0.29, 0.717) is 0 Å². The summed E-state index contributed by atoms with van der Waals surface area (Å²) in [6, 6.07) is 8.33. The molecule has 0 heterocycles. The first-order valence-electron chi connectivity index (χ1n) is 3.67. The molecule has 0 nitrogen and oxygen atoms in total. The van der Waals surface area contributed by atoms with Crippen LogP contribution in [-0.4, -0.2) is 0 Å². The topological polar surface area (TPSA) is 0 Å². The number of aryl methyl sites for hydroxylation is 1. The first-order valence-corrected chi connectivity index (χ1v) is 3.67. The van der Waals surface area contributed by atoms with Crippen molar-refractivity contribution in [3.63, 3.8) is 0 Å². The molecule has 0 atom stereocenters. The molecule has 0 aromatic heterocycles. The molecule has 0 aliphatic rings. The Morgan fingerprint density at radius 1 is 1.45 bits per heavy atom. The van der Waals surface area contributed by atoms with E-state index in [-0.39, 0.29) is 0 Å². The van der Waals surface area contributed by atoms with Crippen LogP contribution >= 0.6 is 0 Å². The van der Waals surface area contributed by atoms with E-state index in [1.807, 2.05) is 13.0 Å². The highest BCUT2D eigenvalue weighted by Crippen LogP contribution is 2.12. The van der Waals surface area contributed by atoms with E-state index in [1.165, 1.54) is 11.1 Å². The lowest BCUT2D eigenvalue weighted by Crippen LogP contribution is -1.78. The van der Waals surface area contributed by atoms with Crippen LogP contribution in [0, 0.1) is 6.92 Å². The van der Waals surface area contributed by atoms with E-state index in [2.05, 4.69) is 37.4 Å². The Kier molecular flexibility index (Phi) is 2.30. The molecule has 0 spiro atoms. The molecule has 0 saturated carbocycles. The minimum absolute atomic E-state index is 1.11. The van der Waals surface area contributed by atoms with Crippen LogP contribution in [0.3, 0.4) is 0 Å². The normalized spacial score (nSPS) is 8.91. The maximum absolute atomic E-state index is 3.60. The molecule has 1 aromatic carbocycles. The van der Waals surface area contributed by atoms with Gasteiger partial charge in [-0.25, -0.2) is 0 Å². The lowest BCUT2D eigenvalue weighted by atomic mass is 10.1. The molecule has 11 heavy (non-hydrogen) atoms. The second-order valence-corrected chi connectivity index (χ2v) is 2.67. The molecule has 56 valence electrons. The van der Waals surface area contributed by atoms with Crippen molar-refractivity contribution in [2.75, 3.05) is 0 Å². The Morgan fingerprint density at radius 2 is 2.18 bits per heavy atom. The molecule has 0 aliphatic heterocycles. The smallest absolute Gasteiger partial charge is 0.00251 e. The molecule has 0 saturated heterocycles. The zero-order chi connectivity index (χ0) is 8.27. The summed E-state index contributed by atoms with van der Waals surface area (Å²) in [5, 5.41) is 0. The standard InChI is InChI=1S/C11H12/c1-4-10(3)11-7-5-6-9(2)8-11/h5-8H,1H2,2-3H3. The summed E-state index contributed by atoms with van der Waals surface area (Å²) in [7, 11) is 0. The van der Waals surface area contributed by atoms with Gasteiger partial charge < -0.3 is 0 Å². The Morgan fingerprint density at radius 3 is 2.73 bits per heavy atom. The summed E-state index contributed by atoms with van der Waals surface area (Å²) < 4.78 is 0. The Hall–Kier alpha value is -1.26. The maximum atomic E-state index is 3.60. The van der Waals surface area contributed by atoms with Crippen molar-refractivity contribution in [1.82, 2.24) is 0 Å². The lowest BCUT2D eigenvalue weighted by Gasteiger charge is -1.98. The molecule has 0 radical (unpaired) electrons. The number of hydrogen-bond acceptors (Lipinski definition) is 0. The molecular formula is C11H12.